The number of carbonyl (C=O) groups excluding carboxylic acids is 1. The molecule has 88 valence electrons. The van der Waals surface area contributed by atoms with E-state index in [4.69, 9.17) is 0 Å². The van der Waals surface area contributed by atoms with Gasteiger partial charge in [-0.1, -0.05) is 29.8 Å². The molecule has 1 N–H and O–H groups in total. The van der Waals surface area contributed by atoms with Crippen molar-refractivity contribution in [2.24, 2.45) is 5.92 Å². The third-order valence-electron chi connectivity index (χ3n) is 2.28. The van der Waals surface area contributed by atoms with Gasteiger partial charge in [-0.2, -0.15) is 0 Å². The Morgan fingerprint density at radius 3 is 2.56 bits per heavy atom. The van der Waals surface area contributed by atoms with Crippen LogP contribution in [0.25, 0.3) is 0 Å². The first kappa shape index (κ1) is 14.0. The summed E-state index contributed by atoms with van der Waals surface area (Å²) >= 11 is 5.65. The summed E-state index contributed by atoms with van der Waals surface area (Å²) in [6.07, 6.45) is 0. The van der Waals surface area contributed by atoms with E-state index in [2.05, 4.69) is 49.9 Å². The highest BCUT2D eigenvalue weighted by atomic mass is 127. The Hall–Kier alpha value is -0.100. The fourth-order valence-corrected chi connectivity index (χ4v) is 2.03. The fraction of sp³-hybridized carbons (Fsp3) is 0.417. The maximum atomic E-state index is 11.8. The van der Waals surface area contributed by atoms with Crippen LogP contribution >= 0.6 is 38.5 Å². The van der Waals surface area contributed by atoms with Crippen molar-refractivity contribution >= 4 is 50.1 Å². The minimum Gasteiger partial charge on any atom is -0.325 e. The number of benzene rings is 1. The zero-order chi connectivity index (χ0) is 12.3. The third-order valence-corrected chi connectivity index (χ3v) is 4.43. The molecule has 0 aromatic heterocycles. The Morgan fingerprint density at radius 2 is 2.06 bits per heavy atom. The van der Waals surface area contributed by atoms with Gasteiger partial charge in [0, 0.05) is 9.26 Å². The molecule has 0 aliphatic heterocycles. The molecule has 0 radical (unpaired) electrons. The maximum absolute atomic E-state index is 11.8. The normalized spacial score (nSPS) is 12.6. The molecule has 1 atom stereocenters. The summed E-state index contributed by atoms with van der Waals surface area (Å²) in [5.41, 5.74) is 1.97. The van der Waals surface area contributed by atoms with Crippen LogP contribution in [0.2, 0.25) is 0 Å². The molecule has 1 aromatic rings. The third kappa shape index (κ3) is 3.73. The van der Waals surface area contributed by atoms with E-state index < -0.39 is 0 Å². The number of amides is 1. The van der Waals surface area contributed by atoms with Crippen molar-refractivity contribution in [3.8, 4) is 0 Å². The molecule has 0 fully saturated rings. The van der Waals surface area contributed by atoms with Crippen LogP contribution in [0, 0.1) is 16.4 Å². The molecule has 1 amide bonds. The number of rotatable bonds is 3. The van der Waals surface area contributed by atoms with Gasteiger partial charge < -0.3 is 5.32 Å². The van der Waals surface area contributed by atoms with Gasteiger partial charge in [0.1, 0.15) is 0 Å². The van der Waals surface area contributed by atoms with Crippen LogP contribution in [0.15, 0.2) is 18.2 Å². The molecule has 1 unspecified atom stereocenters. The Kier molecular flexibility index (Phi) is 5.24. The molecule has 4 heteroatoms. The van der Waals surface area contributed by atoms with E-state index in [1.165, 1.54) is 3.57 Å². The minimum absolute atomic E-state index is 0.0132. The van der Waals surface area contributed by atoms with Crippen LogP contribution in [0.4, 0.5) is 5.69 Å². The number of nitrogens with one attached hydrogen (secondary N) is 1. The molecule has 2 nitrogen and oxygen atoms in total. The maximum Gasteiger partial charge on any atom is 0.238 e. The van der Waals surface area contributed by atoms with Gasteiger partial charge in [-0.25, -0.2) is 0 Å². The average molecular weight is 396 g/mol. The summed E-state index contributed by atoms with van der Waals surface area (Å²) in [6, 6.07) is 5.98. The van der Waals surface area contributed by atoms with E-state index >= 15 is 0 Å². The van der Waals surface area contributed by atoms with Gasteiger partial charge in [-0.15, -0.1) is 0 Å². The molecule has 0 saturated carbocycles. The first-order chi connectivity index (χ1) is 7.41. The molecule has 0 bridgehead atoms. The number of hydrogen-bond acceptors (Lipinski definition) is 1. The lowest BCUT2D eigenvalue weighted by molar-refractivity contribution is -0.116. The summed E-state index contributed by atoms with van der Waals surface area (Å²) in [5.74, 6) is 0.295. The van der Waals surface area contributed by atoms with E-state index in [9.17, 15) is 4.79 Å². The molecule has 1 rings (SSSR count). The quantitative estimate of drug-likeness (QED) is 0.609. The second-order valence-corrected chi connectivity index (χ2v) is 6.33. The molecule has 1 aromatic carbocycles. The summed E-state index contributed by atoms with van der Waals surface area (Å²) in [6.45, 7) is 6.02. The number of anilines is 1. The Morgan fingerprint density at radius 1 is 1.44 bits per heavy atom. The smallest absolute Gasteiger partial charge is 0.238 e. The standard InChI is InChI=1S/C12H15BrINO/c1-7(2)11(13)12(16)15-10-5-4-9(14)6-8(10)3/h4-7,11H,1-3H3,(H,15,16). The number of alkyl halides is 1. The van der Waals surface area contributed by atoms with Crippen molar-refractivity contribution in [3.05, 3.63) is 27.3 Å². The summed E-state index contributed by atoms with van der Waals surface area (Å²) in [7, 11) is 0. The van der Waals surface area contributed by atoms with Gasteiger partial charge in [-0.05, 0) is 59.2 Å². The van der Waals surface area contributed by atoms with E-state index in [-0.39, 0.29) is 16.7 Å². The summed E-state index contributed by atoms with van der Waals surface area (Å²) in [4.78, 5) is 11.7. The van der Waals surface area contributed by atoms with Crippen molar-refractivity contribution in [3.63, 3.8) is 0 Å². The highest BCUT2D eigenvalue weighted by Crippen LogP contribution is 2.20. The monoisotopic (exact) mass is 395 g/mol. The van der Waals surface area contributed by atoms with Gasteiger partial charge in [-0.3, -0.25) is 4.79 Å². The van der Waals surface area contributed by atoms with E-state index in [0.717, 1.165) is 11.3 Å². The van der Waals surface area contributed by atoms with Crippen molar-refractivity contribution in [2.45, 2.75) is 25.6 Å². The second kappa shape index (κ2) is 6.00. The van der Waals surface area contributed by atoms with Crippen LogP contribution in [0.5, 0.6) is 0 Å². The first-order valence-electron chi connectivity index (χ1n) is 5.13. The Balaban J connectivity index is 2.77. The molecule has 0 aliphatic carbocycles. The molecule has 0 heterocycles. The lowest BCUT2D eigenvalue weighted by Gasteiger charge is -2.15. The number of carbonyl (C=O) groups is 1. The molecule has 16 heavy (non-hydrogen) atoms. The zero-order valence-electron chi connectivity index (χ0n) is 9.55. The fourth-order valence-electron chi connectivity index (χ4n) is 1.27. The van der Waals surface area contributed by atoms with E-state index in [0.29, 0.717) is 0 Å². The van der Waals surface area contributed by atoms with Crippen molar-refractivity contribution in [1.82, 2.24) is 0 Å². The highest BCUT2D eigenvalue weighted by molar-refractivity contribution is 14.1. The van der Waals surface area contributed by atoms with Crippen molar-refractivity contribution in [2.75, 3.05) is 5.32 Å². The first-order valence-corrected chi connectivity index (χ1v) is 7.12. The lowest BCUT2D eigenvalue weighted by atomic mass is 10.1. The average Bonchev–Trinajstić information content (AvgIpc) is 2.20. The summed E-state index contributed by atoms with van der Waals surface area (Å²) in [5, 5.41) is 2.93. The topological polar surface area (TPSA) is 29.1 Å². The Labute approximate surface area is 118 Å². The largest absolute Gasteiger partial charge is 0.325 e. The number of hydrogen-bond donors (Lipinski definition) is 1. The predicted molar refractivity (Wildman–Crippen MR) is 80.1 cm³/mol. The lowest BCUT2D eigenvalue weighted by Crippen LogP contribution is -2.27. The SMILES string of the molecule is Cc1cc(I)ccc1NC(=O)C(Br)C(C)C. The Bertz CT molecular complexity index is 393. The summed E-state index contributed by atoms with van der Waals surface area (Å²) < 4.78 is 1.17. The van der Waals surface area contributed by atoms with Crippen LogP contribution in [-0.4, -0.2) is 10.7 Å². The van der Waals surface area contributed by atoms with Gasteiger partial charge in [0.25, 0.3) is 0 Å². The van der Waals surface area contributed by atoms with Crippen molar-refractivity contribution < 1.29 is 4.79 Å². The number of halogens is 2. The van der Waals surface area contributed by atoms with Gasteiger partial charge >= 0.3 is 0 Å². The second-order valence-electron chi connectivity index (χ2n) is 4.09. The minimum atomic E-state index is -0.147. The van der Waals surface area contributed by atoms with E-state index in [1.54, 1.807) is 0 Å². The van der Waals surface area contributed by atoms with Gasteiger partial charge in [0.05, 0.1) is 4.83 Å². The molecular formula is C12H15BrINO. The van der Waals surface area contributed by atoms with E-state index in [1.807, 2.05) is 32.9 Å². The van der Waals surface area contributed by atoms with Crippen LogP contribution < -0.4 is 5.32 Å². The van der Waals surface area contributed by atoms with Crippen LogP contribution in [0.1, 0.15) is 19.4 Å². The molecule has 0 spiro atoms. The zero-order valence-corrected chi connectivity index (χ0v) is 13.3. The van der Waals surface area contributed by atoms with Gasteiger partial charge in [0.15, 0.2) is 0 Å². The van der Waals surface area contributed by atoms with Crippen LogP contribution in [0.3, 0.4) is 0 Å². The molecule has 0 aliphatic rings. The van der Waals surface area contributed by atoms with Crippen LogP contribution in [-0.2, 0) is 4.79 Å². The molecule has 0 saturated heterocycles. The number of aryl methyl sites for hydroxylation is 1. The highest BCUT2D eigenvalue weighted by Gasteiger charge is 2.18. The molecular weight excluding hydrogens is 381 g/mol. The van der Waals surface area contributed by atoms with Crippen molar-refractivity contribution in [1.29, 1.82) is 0 Å². The predicted octanol–water partition coefficient (Wildman–Crippen LogP) is 3.96. The van der Waals surface area contributed by atoms with Gasteiger partial charge in [0.2, 0.25) is 5.91 Å².